The highest BCUT2D eigenvalue weighted by molar-refractivity contribution is 5.85. The Bertz CT molecular complexity index is 275. The molecule has 0 bridgehead atoms. The van der Waals surface area contributed by atoms with Crippen LogP contribution in [0, 0.1) is 0 Å². The highest BCUT2D eigenvalue weighted by Crippen LogP contribution is 2.09. The van der Waals surface area contributed by atoms with Gasteiger partial charge in [-0.15, -0.1) is 24.8 Å². The van der Waals surface area contributed by atoms with Crippen LogP contribution in [0.5, 0.6) is 0 Å². The Hall–Kier alpha value is -0.780. The van der Waals surface area contributed by atoms with E-state index in [1.807, 2.05) is 12.2 Å². The lowest BCUT2D eigenvalue weighted by atomic mass is 9.97. The second kappa shape index (κ2) is 10.4. The molecule has 0 aromatic rings. The average Bonchev–Trinajstić information content (AvgIpc) is 2.10. The van der Waals surface area contributed by atoms with E-state index in [-0.39, 0.29) is 24.8 Å². The van der Waals surface area contributed by atoms with Crippen LogP contribution in [0.4, 0.5) is 0 Å². The van der Waals surface area contributed by atoms with E-state index in [4.69, 9.17) is 16.6 Å². The predicted molar refractivity (Wildman–Crippen MR) is 75.3 cm³/mol. The molecule has 7 heteroatoms. The first-order chi connectivity index (χ1) is 6.86. The molecule has 1 atom stereocenters. The number of allylic oxidation sites excluding steroid dienone is 1. The maximum absolute atomic E-state index is 10.6. The minimum absolute atomic E-state index is 0. The smallest absolute Gasteiger partial charge is 0.323 e. The van der Waals surface area contributed by atoms with E-state index in [1.54, 1.807) is 6.92 Å². The summed E-state index contributed by atoms with van der Waals surface area (Å²) in [6.07, 6.45) is 4.73. The Morgan fingerprint density at radius 3 is 2.35 bits per heavy atom. The average molecular weight is 286 g/mol. The quantitative estimate of drug-likeness (QED) is 0.389. The van der Waals surface area contributed by atoms with Crippen LogP contribution in [-0.2, 0) is 4.79 Å². The summed E-state index contributed by atoms with van der Waals surface area (Å²) in [5, 5.41) is 8.73. The van der Waals surface area contributed by atoms with E-state index in [0.29, 0.717) is 25.2 Å². The van der Waals surface area contributed by atoms with Gasteiger partial charge in [0.15, 0.2) is 0 Å². The zero-order valence-corrected chi connectivity index (χ0v) is 11.7. The molecule has 5 nitrogen and oxygen atoms in total. The number of aliphatic imine (C=N–C) groups is 1. The molecule has 0 fully saturated rings. The summed E-state index contributed by atoms with van der Waals surface area (Å²) in [4.78, 5) is 14.6. The molecule has 0 heterocycles. The zero-order chi connectivity index (χ0) is 11.9. The molecule has 0 radical (unpaired) electrons. The summed E-state index contributed by atoms with van der Waals surface area (Å²) in [5.74, 6) is -0.444. The van der Waals surface area contributed by atoms with E-state index in [0.717, 1.165) is 0 Å². The van der Waals surface area contributed by atoms with Gasteiger partial charge in [0.1, 0.15) is 5.54 Å². The molecule has 0 rings (SSSR count). The molecule has 0 amide bonds. The van der Waals surface area contributed by atoms with Crippen molar-refractivity contribution in [2.75, 3.05) is 6.54 Å². The lowest BCUT2D eigenvalue weighted by Gasteiger charge is -2.17. The van der Waals surface area contributed by atoms with Gasteiger partial charge < -0.3 is 16.6 Å². The number of nitrogens with zero attached hydrogens (tertiary/aromatic N) is 1. The van der Waals surface area contributed by atoms with Crippen molar-refractivity contribution >= 4 is 36.6 Å². The topological polar surface area (TPSA) is 102 Å². The number of carboxylic acids is 1. The van der Waals surface area contributed by atoms with Crippen molar-refractivity contribution < 1.29 is 9.90 Å². The van der Waals surface area contributed by atoms with Gasteiger partial charge in [-0.3, -0.25) is 9.79 Å². The van der Waals surface area contributed by atoms with Gasteiger partial charge >= 0.3 is 5.97 Å². The molecule has 0 aliphatic heterocycles. The van der Waals surface area contributed by atoms with Crippen LogP contribution in [0.3, 0.4) is 0 Å². The fourth-order valence-electron chi connectivity index (χ4n) is 0.879. The van der Waals surface area contributed by atoms with Crippen molar-refractivity contribution in [3.63, 3.8) is 0 Å². The molecule has 102 valence electrons. The normalized spacial score (nSPS) is 14.6. The Labute approximate surface area is 114 Å². The van der Waals surface area contributed by atoms with E-state index in [2.05, 4.69) is 4.99 Å². The number of halogens is 2. The fourth-order valence-corrected chi connectivity index (χ4v) is 0.879. The lowest BCUT2D eigenvalue weighted by molar-refractivity contribution is -0.142. The Kier molecular flexibility index (Phi) is 13.1. The molecule has 17 heavy (non-hydrogen) atoms. The number of hydrogen-bond donors (Lipinski definition) is 3. The lowest BCUT2D eigenvalue weighted by Crippen LogP contribution is -2.44. The van der Waals surface area contributed by atoms with Crippen molar-refractivity contribution in [1.82, 2.24) is 0 Å². The second-order valence-corrected chi connectivity index (χ2v) is 3.71. The van der Waals surface area contributed by atoms with Gasteiger partial charge in [-0.2, -0.15) is 0 Å². The van der Waals surface area contributed by atoms with Crippen molar-refractivity contribution in [2.24, 2.45) is 16.5 Å². The third kappa shape index (κ3) is 11.5. The number of nitrogens with two attached hydrogens (primary N) is 2. The van der Waals surface area contributed by atoms with Gasteiger partial charge in [-0.25, -0.2) is 0 Å². The number of carbonyl (C=O) groups is 1. The molecule has 0 unspecified atom stereocenters. The first-order valence-electron chi connectivity index (χ1n) is 4.80. The second-order valence-electron chi connectivity index (χ2n) is 3.71. The first-order valence-corrected chi connectivity index (χ1v) is 4.80. The van der Waals surface area contributed by atoms with Crippen molar-refractivity contribution in [1.29, 1.82) is 0 Å². The molecule has 5 N–H and O–H groups in total. The number of hydrogen-bond acceptors (Lipinski definition) is 3. The van der Waals surface area contributed by atoms with Crippen LogP contribution in [0.25, 0.3) is 0 Å². The van der Waals surface area contributed by atoms with Crippen molar-refractivity contribution in [3.05, 3.63) is 12.2 Å². The maximum Gasteiger partial charge on any atom is 0.323 e. The third-order valence-corrected chi connectivity index (χ3v) is 1.93. The van der Waals surface area contributed by atoms with Gasteiger partial charge in [-0.05, 0) is 26.7 Å². The predicted octanol–water partition coefficient (Wildman–Crippen LogP) is 1.35. The van der Waals surface area contributed by atoms with E-state index in [9.17, 15) is 4.79 Å². The summed E-state index contributed by atoms with van der Waals surface area (Å²) >= 11 is 0. The molecule has 0 aliphatic carbocycles. The summed E-state index contributed by atoms with van der Waals surface area (Å²) in [5.41, 5.74) is 9.72. The Balaban J connectivity index is -0.000000980. The van der Waals surface area contributed by atoms with Crippen LogP contribution in [0.1, 0.15) is 26.7 Å². The van der Waals surface area contributed by atoms with E-state index >= 15 is 0 Å². The number of aliphatic carboxylic acids is 1. The standard InChI is InChI=1S/C10H19N3O2.2ClH/c1-8(11)13-7-5-3-4-6-10(2,12)9(14)15;;/h3,5H,4,6-7,12H2,1-2H3,(H2,11,13)(H,14,15);2*1H/b5-3+;;/t10-;;/m0../s1. The van der Waals surface area contributed by atoms with Crippen LogP contribution < -0.4 is 11.5 Å². The molecule has 0 saturated heterocycles. The van der Waals surface area contributed by atoms with Crippen LogP contribution in [0.15, 0.2) is 17.1 Å². The summed E-state index contributed by atoms with van der Waals surface area (Å²) < 4.78 is 0. The van der Waals surface area contributed by atoms with Gasteiger partial charge in [0.25, 0.3) is 0 Å². The highest BCUT2D eigenvalue weighted by atomic mass is 35.5. The Morgan fingerprint density at radius 2 is 1.94 bits per heavy atom. The third-order valence-electron chi connectivity index (χ3n) is 1.93. The molecule has 0 aromatic carbocycles. The summed E-state index contributed by atoms with van der Waals surface area (Å²) in [7, 11) is 0. The molecule has 0 saturated carbocycles. The minimum atomic E-state index is -1.16. The largest absolute Gasteiger partial charge is 0.480 e. The van der Waals surface area contributed by atoms with Gasteiger partial charge in [0.05, 0.1) is 12.4 Å². The van der Waals surface area contributed by atoms with Crippen molar-refractivity contribution in [2.45, 2.75) is 32.2 Å². The van der Waals surface area contributed by atoms with Gasteiger partial charge in [-0.1, -0.05) is 12.2 Å². The molecule has 0 spiro atoms. The van der Waals surface area contributed by atoms with Crippen LogP contribution >= 0.6 is 24.8 Å². The molecular formula is C10H21Cl2N3O2. The maximum atomic E-state index is 10.6. The van der Waals surface area contributed by atoms with Crippen LogP contribution in [0.2, 0.25) is 0 Å². The fraction of sp³-hybridized carbons (Fsp3) is 0.600. The SMILES string of the molecule is CC(N)=NC/C=C/CC[C@](C)(N)C(=O)O.Cl.Cl. The number of amidine groups is 1. The summed E-state index contributed by atoms with van der Waals surface area (Å²) in [6, 6.07) is 0. The Morgan fingerprint density at radius 1 is 1.41 bits per heavy atom. The van der Waals surface area contributed by atoms with Gasteiger partial charge in [0.2, 0.25) is 0 Å². The van der Waals surface area contributed by atoms with E-state index < -0.39 is 11.5 Å². The molecular weight excluding hydrogens is 265 g/mol. The summed E-state index contributed by atoms with van der Waals surface area (Å²) in [6.45, 7) is 3.75. The minimum Gasteiger partial charge on any atom is -0.480 e. The molecule has 0 aliphatic rings. The number of carboxylic acid groups (broad SMARTS) is 1. The molecule has 0 aromatic heterocycles. The monoisotopic (exact) mass is 285 g/mol. The highest BCUT2D eigenvalue weighted by Gasteiger charge is 2.26. The van der Waals surface area contributed by atoms with E-state index in [1.165, 1.54) is 6.92 Å². The number of rotatable bonds is 6. The zero-order valence-electron chi connectivity index (χ0n) is 10.0. The first kappa shape index (κ1) is 21.5. The van der Waals surface area contributed by atoms with Crippen molar-refractivity contribution in [3.8, 4) is 0 Å². The van der Waals surface area contributed by atoms with Gasteiger partial charge in [0, 0.05) is 0 Å². The van der Waals surface area contributed by atoms with Crippen LogP contribution in [-0.4, -0.2) is 29.0 Å².